The SMILES string of the molecule is CCCNC(CCCC(C)C)C1CCCCC1. The van der Waals surface area contributed by atoms with Crippen LogP contribution in [0.2, 0.25) is 0 Å². The van der Waals surface area contributed by atoms with Gasteiger partial charge in [-0.3, -0.25) is 0 Å². The number of hydrogen-bond donors (Lipinski definition) is 1. The zero-order chi connectivity index (χ0) is 12.5. The predicted octanol–water partition coefficient (Wildman–Crippen LogP) is 4.76. The smallest absolute Gasteiger partial charge is 0.00953 e. The second kappa shape index (κ2) is 8.97. The molecule has 1 N–H and O–H groups in total. The quantitative estimate of drug-likeness (QED) is 0.644. The zero-order valence-electron chi connectivity index (χ0n) is 12.3. The van der Waals surface area contributed by atoms with Crippen LogP contribution in [0.15, 0.2) is 0 Å². The highest BCUT2D eigenvalue weighted by atomic mass is 14.9. The number of nitrogens with one attached hydrogen (secondary N) is 1. The molecule has 0 saturated heterocycles. The van der Waals surface area contributed by atoms with Gasteiger partial charge in [0.15, 0.2) is 0 Å². The highest BCUT2D eigenvalue weighted by Gasteiger charge is 2.22. The molecule has 0 radical (unpaired) electrons. The summed E-state index contributed by atoms with van der Waals surface area (Å²) in [6.45, 7) is 8.17. The molecule has 1 atom stereocenters. The van der Waals surface area contributed by atoms with Crippen LogP contribution in [0.3, 0.4) is 0 Å². The summed E-state index contributed by atoms with van der Waals surface area (Å²) in [5, 5.41) is 3.81. The molecular weight excluding hydrogens is 206 g/mol. The highest BCUT2D eigenvalue weighted by molar-refractivity contribution is 4.79. The third-order valence-corrected chi connectivity index (χ3v) is 4.17. The Morgan fingerprint density at radius 2 is 1.76 bits per heavy atom. The maximum Gasteiger partial charge on any atom is 0.00953 e. The van der Waals surface area contributed by atoms with E-state index in [1.165, 1.54) is 64.3 Å². The molecule has 0 heterocycles. The molecule has 0 spiro atoms. The summed E-state index contributed by atoms with van der Waals surface area (Å²) in [6.07, 6.45) is 12.9. The molecule has 0 amide bonds. The molecule has 0 aromatic heterocycles. The lowest BCUT2D eigenvalue weighted by Gasteiger charge is -2.31. The van der Waals surface area contributed by atoms with Gasteiger partial charge in [0.1, 0.15) is 0 Å². The van der Waals surface area contributed by atoms with Gasteiger partial charge in [0.25, 0.3) is 0 Å². The van der Waals surface area contributed by atoms with E-state index in [0.717, 1.165) is 17.9 Å². The maximum absolute atomic E-state index is 3.81. The van der Waals surface area contributed by atoms with E-state index in [4.69, 9.17) is 0 Å². The first-order valence-electron chi connectivity index (χ1n) is 7.97. The van der Waals surface area contributed by atoms with Gasteiger partial charge >= 0.3 is 0 Å². The van der Waals surface area contributed by atoms with E-state index in [1.807, 2.05) is 0 Å². The number of rotatable bonds is 8. The van der Waals surface area contributed by atoms with Crippen molar-refractivity contribution in [1.29, 1.82) is 0 Å². The Hall–Kier alpha value is -0.0400. The molecule has 1 aliphatic carbocycles. The van der Waals surface area contributed by atoms with Crippen LogP contribution >= 0.6 is 0 Å². The van der Waals surface area contributed by atoms with Gasteiger partial charge in [0, 0.05) is 6.04 Å². The zero-order valence-corrected chi connectivity index (χ0v) is 12.3. The van der Waals surface area contributed by atoms with Gasteiger partial charge in [-0.25, -0.2) is 0 Å². The standard InChI is InChI=1S/C16H33N/c1-4-13-17-16(12-8-9-14(2)3)15-10-6-5-7-11-15/h14-17H,4-13H2,1-3H3. The lowest BCUT2D eigenvalue weighted by Crippen LogP contribution is -2.37. The van der Waals surface area contributed by atoms with E-state index in [-0.39, 0.29) is 0 Å². The lowest BCUT2D eigenvalue weighted by molar-refractivity contribution is 0.252. The van der Waals surface area contributed by atoms with Gasteiger partial charge in [0.2, 0.25) is 0 Å². The molecule has 1 rings (SSSR count). The van der Waals surface area contributed by atoms with Crippen LogP contribution in [0.25, 0.3) is 0 Å². The fourth-order valence-corrected chi connectivity index (χ4v) is 3.12. The van der Waals surface area contributed by atoms with Gasteiger partial charge < -0.3 is 5.32 Å². The Labute approximate surface area is 109 Å². The topological polar surface area (TPSA) is 12.0 Å². The largest absolute Gasteiger partial charge is 0.314 e. The van der Waals surface area contributed by atoms with E-state index in [9.17, 15) is 0 Å². The average Bonchev–Trinajstić information content (AvgIpc) is 2.34. The van der Waals surface area contributed by atoms with Crippen LogP contribution in [-0.4, -0.2) is 12.6 Å². The van der Waals surface area contributed by atoms with E-state index < -0.39 is 0 Å². The van der Waals surface area contributed by atoms with E-state index in [1.54, 1.807) is 0 Å². The average molecular weight is 239 g/mol. The van der Waals surface area contributed by atoms with Crippen LogP contribution in [0.5, 0.6) is 0 Å². The Kier molecular flexibility index (Phi) is 7.92. The van der Waals surface area contributed by atoms with Crippen LogP contribution in [0, 0.1) is 11.8 Å². The molecule has 1 fully saturated rings. The Morgan fingerprint density at radius 1 is 1.06 bits per heavy atom. The minimum absolute atomic E-state index is 0.814. The van der Waals surface area contributed by atoms with Crippen LogP contribution in [-0.2, 0) is 0 Å². The van der Waals surface area contributed by atoms with Crippen LogP contribution < -0.4 is 5.32 Å². The fraction of sp³-hybridized carbons (Fsp3) is 1.00. The summed E-state index contributed by atoms with van der Waals surface area (Å²) >= 11 is 0. The minimum Gasteiger partial charge on any atom is -0.314 e. The molecular formula is C16H33N. The predicted molar refractivity (Wildman–Crippen MR) is 77.3 cm³/mol. The van der Waals surface area contributed by atoms with Crippen LogP contribution in [0.1, 0.15) is 78.6 Å². The van der Waals surface area contributed by atoms with Crippen molar-refractivity contribution < 1.29 is 0 Å². The third-order valence-electron chi connectivity index (χ3n) is 4.17. The molecule has 1 saturated carbocycles. The molecule has 0 aromatic carbocycles. The van der Waals surface area contributed by atoms with Crippen molar-refractivity contribution in [3.63, 3.8) is 0 Å². The van der Waals surface area contributed by atoms with Gasteiger partial charge in [0.05, 0.1) is 0 Å². The van der Waals surface area contributed by atoms with Crippen molar-refractivity contribution in [3.8, 4) is 0 Å². The molecule has 1 unspecified atom stereocenters. The van der Waals surface area contributed by atoms with E-state index in [2.05, 4.69) is 26.1 Å². The van der Waals surface area contributed by atoms with Crippen molar-refractivity contribution in [1.82, 2.24) is 5.32 Å². The summed E-state index contributed by atoms with van der Waals surface area (Å²) in [5.41, 5.74) is 0. The first-order chi connectivity index (χ1) is 8.24. The van der Waals surface area contributed by atoms with Crippen molar-refractivity contribution in [2.75, 3.05) is 6.54 Å². The van der Waals surface area contributed by atoms with Crippen molar-refractivity contribution in [2.24, 2.45) is 11.8 Å². The highest BCUT2D eigenvalue weighted by Crippen LogP contribution is 2.28. The molecule has 0 aromatic rings. The van der Waals surface area contributed by atoms with Gasteiger partial charge in [-0.2, -0.15) is 0 Å². The summed E-state index contributed by atoms with van der Waals surface area (Å²) in [7, 11) is 0. The summed E-state index contributed by atoms with van der Waals surface area (Å²) in [4.78, 5) is 0. The monoisotopic (exact) mass is 239 g/mol. The van der Waals surface area contributed by atoms with Crippen molar-refractivity contribution in [2.45, 2.75) is 84.6 Å². The Balaban J connectivity index is 2.30. The molecule has 17 heavy (non-hydrogen) atoms. The Bertz CT molecular complexity index is 170. The summed E-state index contributed by atoms with van der Waals surface area (Å²) < 4.78 is 0. The number of hydrogen-bond acceptors (Lipinski definition) is 1. The second-order valence-electron chi connectivity index (χ2n) is 6.28. The molecule has 1 aliphatic rings. The summed E-state index contributed by atoms with van der Waals surface area (Å²) in [5.74, 6) is 1.84. The van der Waals surface area contributed by atoms with E-state index >= 15 is 0 Å². The van der Waals surface area contributed by atoms with Crippen LogP contribution in [0.4, 0.5) is 0 Å². The molecule has 0 aliphatic heterocycles. The maximum atomic E-state index is 3.81. The normalized spacial score (nSPS) is 19.8. The summed E-state index contributed by atoms with van der Waals surface area (Å²) in [6, 6.07) is 0.814. The van der Waals surface area contributed by atoms with Gasteiger partial charge in [-0.1, -0.05) is 52.9 Å². The van der Waals surface area contributed by atoms with Crippen molar-refractivity contribution in [3.05, 3.63) is 0 Å². The fourth-order valence-electron chi connectivity index (χ4n) is 3.12. The minimum atomic E-state index is 0.814. The second-order valence-corrected chi connectivity index (χ2v) is 6.28. The molecule has 102 valence electrons. The first-order valence-corrected chi connectivity index (χ1v) is 7.97. The third kappa shape index (κ3) is 6.45. The lowest BCUT2D eigenvalue weighted by atomic mass is 9.81. The van der Waals surface area contributed by atoms with Gasteiger partial charge in [-0.15, -0.1) is 0 Å². The molecule has 1 heteroatoms. The first kappa shape index (κ1) is 15.0. The molecule has 1 nitrogen and oxygen atoms in total. The van der Waals surface area contributed by atoms with E-state index in [0.29, 0.717) is 0 Å². The molecule has 0 bridgehead atoms. The van der Waals surface area contributed by atoms with Crippen molar-refractivity contribution >= 4 is 0 Å². The Morgan fingerprint density at radius 3 is 2.35 bits per heavy atom. The van der Waals surface area contributed by atoms with Gasteiger partial charge in [-0.05, 0) is 44.1 Å².